The number of carboxylic acids is 1. The molecule has 1 rings (SSSR count). The summed E-state index contributed by atoms with van der Waals surface area (Å²) in [5, 5.41) is 18.5. The van der Waals surface area contributed by atoms with Crippen molar-refractivity contribution >= 4 is 17.5 Å². The van der Waals surface area contributed by atoms with E-state index in [-0.39, 0.29) is 0 Å². The number of nitrogen functional groups attached to an aromatic ring is 1. The molecule has 3 N–H and O–H groups in total. The molecule has 0 aliphatic carbocycles. The molecule has 0 atom stereocenters. The standard InChI is InChI=1S/C5H4N2O5/c6-4-2(7(10)11)1-3(12-4)5(8)9/h1H,6H2,(H,8,9). The van der Waals surface area contributed by atoms with Gasteiger partial charge in [0.05, 0.1) is 11.0 Å². The maximum absolute atomic E-state index is 10.2. The van der Waals surface area contributed by atoms with E-state index in [1.165, 1.54) is 0 Å². The third-order valence-corrected chi connectivity index (χ3v) is 1.15. The monoisotopic (exact) mass is 172 g/mol. The Morgan fingerprint density at radius 2 is 2.33 bits per heavy atom. The Kier molecular flexibility index (Phi) is 1.70. The normalized spacial score (nSPS) is 9.67. The second-order valence-electron chi connectivity index (χ2n) is 1.92. The maximum Gasteiger partial charge on any atom is 0.372 e. The molecule has 1 aromatic rings. The van der Waals surface area contributed by atoms with E-state index in [1.54, 1.807) is 0 Å². The molecular formula is C5H4N2O5. The maximum atomic E-state index is 10.2. The average Bonchev–Trinajstić information content (AvgIpc) is 2.30. The summed E-state index contributed by atoms with van der Waals surface area (Å²) in [4.78, 5) is 19.5. The molecule has 0 radical (unpaired) electrons. The zero-order valence-corrected chi connectivity index (χ0v) is 5.68. The van der Waals surface area contributed by atoms with Crippen molar-refractivity contribution in [3.63, 3.8) is 0 Å². The average molecular weight is 172 g/mol. The van der Waals surface area contributed by atoms with E-state index < -0.39 is 28.2 Å². The molecule has 0 aromatic carbocycles. The second kappa shape index (κ2) is 2.53. The summed E-state index contributed by atoms with van der Waals surface area (Å²) in [6.07, 6.45) is 0. The van der Waals surface area contributed by atoms with E-state index in [4.69, 9.17) is 10.8 Å². The quantitative estimate of drug-likeness (QED) is 0.494. The number of furan rings is 1. The van der Waals surface area contributed by atoms with Crippen LogP contribution in [-0.2, 0) is 0 Å². The van der Waals surface area contributed by atoms with Gasteiger partial charge in [0, 0.05) is 0 Å². The fraction of sp³-hybridized carbons (Fsp3) is 0. The van der Waals surface area contributed by atoms with Gasteiger partial charge in [0.15, 0.2) is 0 Å². The van der Waals surface area contributed by atoms with Crippen molar-refractivity contribution in [3.05, 3.63) is 21.9 Å². The Morgan fingerprint density at radius 1 is 1.75 bits per heavy atom. The van der Waals surface area contributed by atoms with Gasteiger partial charge in [-0.2, -0.15) is 0 Å². The van der Waals surface area contributed by atoms with Crippen molar-refractivity contribution in [2.45, 2.75) is 0 Å². The van der Waals surface area contributed by atoms with E-state index in [0.717, 1.165) is 6.07 Å². The summed E-state index contributed by atoms with van der Waals surface area (Å²) in [6.45, 7) is 0. The van der Waals surface area contributed by atoms with Crippen molar-refractivity contribution in [1.29, 1.82) is 0 Å². The topological polar surface area (TPSA) is 120 Å². The lowest BCUT2D eigenvalue weighted by atomic mass is 10.4. The van der Waals surface area contributed by atoms with Crippen LogP contribution in [0.2, 0.25) is 0 Å². The number of rotatable bonds is 2. The van der Waals surface area contributed by atoms with Gasteiger partial charge in [-0.1, -0.05) is 0 Å². The van der Waals surface area contributed by atoms with Crippen molar-refractivity contribution in [1.82, 2.24) is 0 Å². The van der Waals surface area contributed by atoms with Crippen molar-refractivity contribution in [2.24, 2.45) is 0 Å². The number of nitro groups is 1. The molecule has 0 aliphatic heterocycles. The van der Waals surface area contributed by atoms with Gasteiger partial charge < -0.3 is 15.3 Å². The first-order valence-electron chi connectivity index (χ1n) is 2.79. The predicted octanol–water partition coefficient (Wildman–Crippen LogP) is 0.468. The Hall–Kier alpha value is -2.05. The predicted molar refractivity (Wildman–Crippen MR) is 36.7 cm³/mol. The minimum Gasteiger partial charge on any atom is -0.475 e. The van der Waals surface area contributed by atoms with Gasteiger partial charge >= 0.3 is 11.7 Å². The zero-order valence-electron chi connectivity index (χ0n) is 5.68. The highest BCUT2D eigenvalue weighted by molar-refractivity contribution is 5.86. The summed E-state index contributed by atoms with van der Waals surface area (Å²) in [7, 11) is 0. The number of anilines is 1. The van der Waals surface area contributed by atoms with Crippen LogP contribution in [-0.4, -0.2) is 16.0 Å². The summed E-state index contributed by atoms with van der Waals surface area (Å²) < 4.78 is 4.37. The molecule has 0 aliphatic rings. The van der Waals surface area contributed by atoms with E-state index in [9.17, 15) is 14.9 Å². The number of aromatic carboxylic acids is 1. The summed E-state index contributed by atoms with van der Waals surface area (Å²) in [5.74, 6) is -2.44. The van der Waals surface area contributed by atoms with Crippen LogP contribution in [0, 0.1) is 10.1 Å². The van der Waals surface area contributed by atoms with Crippen LogP contribution < -0.4 is 5.73 Å². The molecule has 1 heterocycles. The molecule has 0 saturated carbocycles. The van der Waals surface area contributed by atoms with Gasteiger partial charge in [-0.3, -0.25) is 10.1 Å². The van der Waals surface area contributed by atoms with Crippen LogP contribution in [0.1, 0.15) is 10.6 Å². The van der Waals surface area contributed by atoms with Gasteiger partial charge in [-0.25, -0.2) is 4.79 Å². The van der Waals surface area contributed by atoms with Crippen molar-refractivity contribution < 1.29 is 19.2 Å². The zero-order chi connectivity index (χ0) is 9.30. The minimum atomic E-state index is -1.39. The smallest absolute Gasteiger partial charge is 0.372 e. The number of carbonyl (C=O) groups is 1. The van der Waals surface area contributed by atoms with E-state index in [1.807, 2.05) is 0 Å². The minimum absolute atomic E-state index is 0.502. The molecule has 64 valence electrons. The highest BCUT2D eigenvalue weighted by Gasteiger charge is 2.21. The fourth-order valence-corrected chi connectivity index (χ4v) is 0.644. The van der Waals surface area contributed by atoms with Crippen LogP contribution in [0.25, 0.3) is 0 Å². The molecule has 7 nitrogen and oxygen atoms in total. The molecule has 0 unspecified atom stereocenters. The van der Waals surface area contributed by atoms with Crippen LogP contribution in [0.3, 0.4) is 0 Å². The highest BCUT2D eigenvalue weighted by Crippen LogP contribution is 2.25. The lowest BCUT2D eigenvalue weighted by Crippen LogP contribution is -1.92. The molecule has 0 amide bonds. The first-order chi connectivity index (χ1) is 5.52. The van der Waals surface area contributed by atoms with E-state index in [2.05, 4.69) is 4.42 Å². The fourth-order valence-electron chi connectivity index (χ4n) is 0.644. The van der Waals surface area contributed by atoms with Gasteiger partial charge in [-0.05, 0) is 0 Å². The van der Waals surface area contributed by atoms with E-state index in [0.29, 0.717) is 0 Å². The van der Waals surface area contributed by atoms with Crippen LogP contribution >= 0.6 is 0 Å². The Balaban J connectivity index is 3.17. The van der Waals surface area contributed by atoms with Crippen LogP contribution in [0.15, 0.2) is 10.5 Å². The van der Waals surface area contributed by atoms with Crippen molar-refractivity contribution in [3.8, 4) is 0 Å². The number of hydrogen-bond acceptors (Lipinski definition) is 5. The molecule has 0 bridgehead atoms. The van der Waals surface area contributed by atoms with Gasteiger partial charge in [0.25, 0.3) is 5.88 Å². The number of hydrogen-bond donors (Lipinski definition) is 2. The van der Waals surface area contributed by atoms with Crippen LogP contribution in [0.5, 0.6) is 0 Å². The lowest BCUT2D eigenvalue weighted by Gasteiger charge is -1.83. The Morgan fingerprint density at radius 3 is 2.58 bits per heavy atom. The number of nitrogens with zero attached hydrogens (tertiary/aromatic N) is 1. The molecular weight excluding hydrogens is 168 g/mol. The molecule has 0 spiro atoms. The van der Waals surface area contributed by atoms with Gasteiger partial charge in [-0.15, -0.1) is 0 Å². The first-order valence-corrected chi connectivity index (χ1v) is 2.79. The van der Waals surface area contributed by atoms with Gasteiger partial charge in [0.1, 0.15) is 0 Å². The lowest BCUT2D eigenvalue weighted by molar-refractivity contribution is -0.384. The Bertz CT molecular complexity index is 342. The second-order valence-corrected chi connectivity index (χ2v) is 1.92. The molecule has 0 fully saturated rings. The SMILES string of the molecule is Nc1oc(C(=O)O)cc1[N+](=O)[O-]. The van der Waals surface area contributed by atoms with E-state index >= 15 is 0 Å². The number of carboxylic acid groups (broad SMARTS) is 1. The molecule has 0 saturated heterocycles. The molecule has 7 heteroatoms. The molecule has 12 heavy (non-hydrogen) atoms. The third-order valence-electron chi connectivity index (χ3n) is 1.15. The summed E-state index contributed by atoms with van der Waals surface area (Å²) >= 11 is 0. The first kappa shape index (κ1) is 8.05. The van der Waals surface area contributed by atoms with Crippen LogP contribution in [0.4, 0.5) is 11.6 Å². The number of nitrogens with two attached hydrogens (primary N) is 1. The van der Waals surface area contributed by atoms with Gasteiger partial charge in [0.2, 0.25) is 5.76 Å². The Labute approximate surface area is 65.5 Å². The summed E-state index contributed by atoms with van der Waals surface area (Å²) in [6, 6.07) is 0.762. The van der Waals surface area contributed by atoms with Crippen molar-refractivity contribution in [2.75, 3.05) is 5.73 Å². The largest absolute Gasteiger partial charge is 0.475 e. The summed E-state index contributed by atoms with van der Waals surface area (Å²) in [5.41, 5.74) is 4.47. The third kappa shape index (κ3) is 1.19. The highest BCUT2D eigenvalue weighted by atomic mass is 16.6. The molecule has 1 aromatic heterocycles.